The molecule has 25 heavy (non-hydrogen) atoms. The maximum absolute atomic E-state index is 12.2. The van der Waals surface area contributed by atoms with Crippen molar-refractivity contribution in [3.05, 3.63) is 41.2 Å². The highest BCUT2D eigenvalue weighted by Crippen LogP contribution is 2.26. The number of fused-ring (bicyclic) bond motifs is 3. The van der Waals surface area contributed by atoms with Gasteiger partial charge in [0.1, 0.15) is 6.54 Å². The Morgan fingerprint density at radius 1 is 1.12 bits per heavy atom. The van der Waals surface area contributed by atoms with Crippen molar-refractivity contribution in [2.24, 2.45) is 12.0 Å². The molecule has 3 aromatic rings. The number of imide groups is 1. The van der Waals surface area contributed by atoms with E-state index in [1.165, 1.54) is 11.3 Å². The molecule has 4 rings (SSSR count). The standard InChI is InChI=1S/C18H15N3O3S/c1-20-17-12-5-3-2-4-11(12)6-7-13(17)25-18(20)19-14(22)10-21-15(23)8-9-16(21)24/h2-7H,8-10H2,1H3. The quantitative estimate of drug-likeness (QED) is 0.661. The van der Waals surface area contributed by atoms with Crippen LogP contribution in [0, 0.1) is 0 Å². The van der Waals surface area contributed by atoms with Crippen LogP contribution in [-0.4, -0.2) is 33.7 Å². The topological polar surface area (TPSA) is 71.7 Å². The van der Waals surface area contributed by atoms with Crippen molar-refractivity contribution in [1.29, 1.82) is 0 Å². The van der Waals surface area contributed by atoms with Gasteiger partial charge >= 0.3 is 0 Å². The van der Waals surface area contributed by atoms with E-state index in [2.05, 4.69) is 4.99 Å². The number of thiazole rings is 1. The van der Waals surface area contributed by atoms with Gasteiger partial charge < -0.3 is 4.57 Å². The highest BCUT2D eigenvalue weighted by Gasteiger charge is 2.30. The fourth-order valence-corrected chi connectivity index (χ4v) is 4.15. The largest absolute Gasteiger partial charge is 0.319 e. The first-order chi connectivity index (χ1) is 12.0. The lowest BCUT2D eigenvalue weighted by atomic mass is 10.1. The molecule has 1 aromatic heterocycles. The van der Waals surface area contributed by atoms with Crippen LogP contribution < -0.4 is 4.80 Å². The number of carbonyl (C=O) groups excluding carboxylic acids is 3. The minimum absolute atomic E-state index is 0.175. The summed E-state index contributed by atoms with van der Waals surface area (Å²) in [6.07, 6.45) is 0.351. The van der Waals surface area contributed by atoms with E-state index in [0.717, 1.165) is 25.9 Å². The number of aryl methyl sites for hydroxylation is 1. The van der Waals surface area contributed by atoms with Crippen molar-refractivity contribution in [3.63, 3.8) is 0 Å². The van der Waals surface area contributed by atoms with Crippen LogP contribution in [0.5, 0.6) is 0 Å². The molecule has 1 fully saturated rings. The molecule has 3 amide bonds. The molecule has 2 heterocycles. The molecule has 1 aliphatic rings. The second-order valence-electron chi connectivity index (χ2n) is 5.96. The van der Waals surface area contributed by atoms with Gasteiger partial charge in [0.2, 0.25) is 11.8 Å². The van der Waals surface area contributed by atoms with Gasteiger partial charge in [-0.05, 0) is 11.5 Å². The Balaban J connectivity index is 1.76. The third kappa shape index (κ3) is 2.66. The van der Waals surface area contributed by atoms with Gasteiger partial charge in [-0.2, -0.15) is 4.99 Å². The van der Waals surface area contributed by atoms with E-state index < -0.39 is 5.91 Å². The summed E-state index contributed by atoms with van der Waals surface area (Å²) >= 11 is 1.41. The molecule has 1 aliphatic heterocycles. The Morgan fingerprint density at radius 2 is 1.84 bits per heavy atom. The van der Waals surface area contributed by atoms with Gasteiger partial charge in [0, 0.05) is 25.3 Å². The van der Waals surface area contributed by atoms with Gasteiger partial charge in [0.05, 0.1) is 10.2 Å². The summed E-state index contributed by atoms with van der Waals surface area (Å²) in [4.78, 5) is 41.2. The van der Waals surface area contributed by atoms with E-state index in [4.69, 9.17) is 0 Å². The molecular weight excluding hydrogens is 338 g/mol. The van der Waals surface area contributed by atoms with Crippen molar-refractivity contribution < 1.29 is 14.4 Å². The van der Waals surface area contributed by atoms with Crippen molar-refractivity contribution in [2.75, 3.05) is 6.54 Å². The van der Waals surface area contributed by atoms with Crippen molar-refractivity contribution in [2.45, 2.75) is 12.8 Å². The van der Waals surface area contributed by atoms with E-state index in [-0.39, 0.29) is 31.2 Å². The summed E-state index contributed by atoms with van der Waals surface area (Å²) < 4.78 is 2.91. The second kappa shape index (κ2) is 5.93. The molecule has 1 saturated heterocycles. The average Bonchev–Trinajstić information content (AvgIpc) is 3.09. The summed E-state index contributed by atoms with van der Waals surface area (Å²) in [6.45, 7) is -0.285. The molecule has 0 radical (unpaired) electrons. The van der Waals surface area contributed by atoms with Crippen LogP contribution in [0.2, 0.25) is 0 Å². The van der Waals surface area contributed by atoms with Gasteiger partial charge in [-0.25, -0.2) is 0 Å². The Bertz CT molecular complexity index is 1090. The third-order valence-electron chi connectivity index (χ3n) is 4.36. The Morgan fingerprint density at radius 3 is 2.60 bits per heavy atom. The zero-order valence-corrected chi connectivity index (χ0v) is 14.4. The summed E-state index contributed by atoms with van der Waals surface area (Å²) in [5.41, 5.74) is 1.02. The van der Waals surface area contributed by atoms with Crippen molar-refractivity contribution in [3.8, 4) is 0 Å². The van der Waals surface area contributed by atoms with Gasteiger partial charge in [0.15, 0.2) is 4.80 Å². The average molecular weight is 353 g/mol. The molecule has 0 aliphatic carbocycles. The number of aromatic nitrogens is 1. The highest BCUT2D eigenvalue weighted by molar-refractivity contribution is 7.16. The number of rotatable bonds is 2. The van der Waals surface area contributed by atoms with Gasteiger partial charge in [-0.15, -0.1) is 0 Å². The zero-order chi connectivity index (χ0) is 17.6. The number of benzene rings is 2. The van der Waals surface area contributed by atoms with Crippen LogP contribution in [0.15, 0.2) is 41.4 Å². The number of likely N-dealkylation sites (tertiary alicyclic amines) is 1. The molecule has 6 nitrogen and oxygen atoms in total. The molecule has 0 atom stereocenters. The molecule has 0 bridgehead atoms. The Labute approximate surface area is 147 Å². The number of carbonyl (C=O) groups is 3. The normalized spacial score (nSPS) is 15.7. The van der Waals surface area contributed by atoms with E-state index in [0.29, 0.717) is 4.80 Å². The summed E-state index contributed by atoms with van der Waals surface area (Å²) in [5.74, 6) is -1.10. The van der Waals surface area contributed by atoms with Crippen LogP contribution in [0.4, 0.5) is 0 Å². The summed E-state index contributed by atoms with van der Waals surface area (Å²) in [6, 6.07) is 12.1. The van der Waals surface area contributed by atoms with Gasteiger partial charge in [-0.3, -0.25) is 19.3 Å². The number of hydrogen-bond acceptors (Lipinski definition) is 4. The summed E-state index contributed by atoms with van der Waals surface area (Å²) in [7, 11) is 1.86. The second-order valence-corrected chi connectivity index (χ2v) is 6.97. The number of nitrogens with zero attached hydrogens (tertiary/aromatic N) is 3. The molecule has 7 heteroatoms. The molecule has 2 aromatic carbocycles. The lowest BCUT2D eigenvalue weighted by Crippen LogP contribution is -2.34. The van der Waals surface area contributed by atoms with Crippen LogP contribution in [-0.2, 0) is 21.4 Å². The van der Waals surface area contributed by atoms with Crippen molar-refractivity contribution in [1.82, 2.24) is 9.47 Å². The first-order valence-electron chi connectivity index (χ1n) is 7.92. The smallest absolute Gasteiger partial charge is 0.268 e. The molecule has 0 unspecified atom stereocenters. The van der Waals surface area contributed by atoms with Crippen LogP contribution in [0.1, 0.15) is 12.8 Å². The molecule has 126 valence electrons. The number of amides is 3. The van der Waals surface area contributed by atoms with Crippen LogP contribution in [0.3, 0.4) is 0 Å². The predicted octanol–water partition coefficient (Wildman–Crippen LogP) is 1.97. The fourth-order valence-electron chi connectivity index (χ4n) is 3.10. The van der Waals surface area contributed by atoms with Gasteiger partial charge in [-0.1, -0.05) is 41.7 Å². The molecule has 0 spiro atoms. The molecular formula is C18H15N3O3S. The Hall–Kier alpha value is -2.80. The van der Waals surface area contributed by atoms with E-state index >= 15 is 0 Å². The van der Waals surface area contributed by atoms with E-state index in [1.54, 1.807) is 0 Å². The SMILES string of the molecule is Cn1c(=NC(=O)CN2C(=O)CCC2=O)sc2ccc3ccccc3c21. The molecule has 0 N–H and O–H groups in total. The first kappa shape index (κ1) is 15.7. The van der Waals surface area contributed by atoms with E-state index in [9.17, 15) is 14.4 Å². The maximum atomic E-state index is 12.2. The predicted molar refractivity (Wildman–Crippen MR) is 94.8 cm³/mol. The highest BCUT2D eigenvalue weighted by atomic mass is 32.1. The lowest BCUT2D eigenvalue weighted by Gasteiger charge is -2.09. The lowest BCUT2D eigenvalue weighted by molar-refractivity contribution is -0.141. The Kier molecular flexibility index (Phi) is 3.73. The summed E-state index contributed by atoms with van der Waals surface area (Å²) in [5, 5.41) is 2.21. The maximum Gasteiger partial charge on any atom is 0.268 e. The third-order valence-corrected chi connectivity index (χ3v) is 5.45. The monoisotopic (exact) mass is 353 g/mol. The molecule has 0 saturated carbocycles. The van der Waals surface area contributed by atoms with Gasteiger partial charge in [0.25, 0.3) is 5.91 Å². The fraction of sp³-hybridized carbons (Fsp3) is 0.222. The minimum Gasteiger partial charge on any atom is -0.319 e. The first-order valence-corrected chi connectivity index (χ1v) is 8.74. The van der Waals surface area contributed by atoms with Crippen LogP contribution in [0.25, 0.3) is 21.0 Å². The van der Waals surface area contributed by atoms with Crippen molar-refractivity contribution >= 4 is 50.0 Å². The number of hydrogen-bond donors (Lipinski definition) is 0. The van der Waals surface area contributed by atoms with E-state index in [1.807, 2.05) is 48.0 Å². The zero-order valence-electron chi connectivity index (χ0n) is 13.6. The minimum atomic E-state index is -0.491. The van der Waals surface area contributed by atoms with Crippen LogP contribution >= 0.6 is 11.3 Å².